The summed E-state index contributed by atoms with van der Waals surface area (Å²) in [6.07, 6.45) is 1.38. The fourth-order valence-corrected chi connectivity index (χ4v) is 5.23. The average Bonchev–Trinajstić information content (AvgIpc) is 2.97. The maximum absolute atomic E-state index is 12.5. The van der Waals surface area contributed by atoms with Gasteiger partial charge in [0.2, 0.25) is 11.8 Å². The third-order valence-corrected chi connectivity index (χ3v) is 7.08. The van der Waals surface area contributed by atoms with Gasteiger partial charge >= 0.3 is 0 Å². The second kappa shape index (κ2) is 11.5. The first-order valence-corrected chi connectivity index (χ1v) is 12.4. The molecule has 2 amide bonds. The molecule has 2 heterocycles. The van der Waals surface area contributed by atoms with E-state index < -0.39 is 0 Å². The Morgan fingerprint density at radius 2 is 1.66 bits per heavy atom. The molecule has 1 saturated heterocycles. The van der Waals surface area contributed by atoms with E-state index in [-0.39, 0.29) is 18.4 Å². The largest absolute Gasteiger partial charge is 0.355 e. The van der Waals surface area contributed by atoms with Crippen LogP contribution in [0.3, 0.4) is 0 Å². The van der Waals surface area contributed by atoms with Crippen molar-refractivity contribution in [2.75, 3.05) is 56.5 Å². The average molecular weight is 453 g/mol. The molecule has 2 aliphatic heterocycles. The summed E-state index contributed by atoms with van der Waals surface area (Å²) in [6, 6.07) is 18.5. The predicted octanol–water partition coefficient (Wildman–Crippen LogP) is 2.84. The molecule has 2 aromatic carbocycles. The van der Waals surface area contributed by atoms with Crippen molar-refractivity contribution in [1.82, 2.24) is 15.1 Å². The molecule has 0 radical (unpaired) electrons. The minimum atomic E-state index is -0.0901. The van der Waals surface area contributed by atoms with Crippen LogP contribution in [0.4, 0.5) is 5.69 Å². The van der Waals surface area contributed by atoms with Crippen LogP contribution >= 0.6 is 11.8 Å². The predicted molar refractivity (Wildman–Crippen MR) is 130 cm³/mol. The monoisotopic (exact) mass is 452 g/mol. The van der Waals surface area contributed by atoms with E-state index in [0.29, 0.717) is 13.0 Å². The minimum Gasteiger partial charge on any atom is -0.355 e. The molecule has 1 fully saturated rings. The molecule has 0 bridgehead atoms. The minimum absolute atomic E-state index is 0.0194. The van der Waals surface area contributed by atoms with Gasteiger partial charge in [0, 0.05) is 56.3 Å². The van der Waals surface area contributed by atoms with Gasteiger partial charge in [-0.05, 0) is 30.7 Å². The van der Waals surface area contributed by atoms with Crippen molar-refractivity contribution >= 4 is 29.3 Å². The third-order valence-electron chi connectivity index (χ3n) is 6.02. The van der Waals surface area contributed by atoms with E-state index in [2.05, 4.69) is 45.4 Å². The van der Waals surface area contributed by atoms with Gasteiger partial charge in [-0.1, -0.05) is 42.5 Å². The number of carbonyl (C=O) groups excluding carboxylic acids is 2. The fraction of sp³-hybridized carbons (Fsp3) is 0.440. The van der Waals surface area contributed by atoms with Crippen molar-refractivity contribution in [3.63, 3.8) is 0 Å². The van der Waals surface area contributed by atoms with Crippen molar-refractivity contribution < 1.29 is 9.59 Å². The summed E-state index contributed by atoms with van der Waals surface area (Å²) in [5, 5.41) is 3.01. The van der Waals surface area contributed by atoms with Crippen molar-refractivity contribution in [2.24, 2.45) is 0 Å². The maximum atomic E-state index is 12.5. The molecule has 0 aromatic heterocycles. The Labute approximate surface area is 194 Å². The van der Waals surface area contributed by atoms with Gasteiger partial charge in [-0.3, -0.25) is 14.5 Å². The summed E-state index contributed by atoms with van der Waals surface area (Å²) in [5.41, 5.74) is 2.22. The lowest BCUT2D eigenvalue weighted by atomic mass is 10.2. The van der Waals surface area contributed by atoms with Gasteiger partial charge in [0.05, 0.1) is 5.69 Å². The summed E-state index contributed by atoms with van der Waals surface area (Å²) < 4.78 is 0. The SMILES string of the molecule is O=C(CN1C(=O)CCSc2ccccc21)NCCCN1CCN(Cc2ccccc2)CC1. The molecule has 0 spiro atoms. The van der Waals surface area contributed by atoms with Crippen LogP contribution in [0.15, 0.2) is 59.5 Å². The van der Waals surface area contributed by atoms with Gasteiger partial charge < -0.3 is 15.1 Å². The lowest BCUT2D eigenvalue weighted by Crippen LogP contribution is -2.46. The quantitative estimate of drug-likeness (QED) is 0.625. The first-order valence-electron chi connectivity index (χ1n) is 11.5. The van der Waals surface area contributed by atoms with Gasteiger partial charge in [0.25, 0.3) is 0 Å². The molecule has 2 aliphatic rings. The summed E-state index contributed by atoms with van der Waals surface area (Å²) in [5.74, 6) is 0.686. The van der Waals surface area contributed by atoms with Crippen LogP contribution in [-0.2, 0) is 16.1 Å². The Balaban J connectivity index is 1.15. The standard InChI is InChI=1S/C25H32N4O2S/c30-24(20-29-22-9-4-5-10-23(22)32-18-11-25(29)31)26-12-6-13-27-14-16-28(17-15-27)19-21-7-2-1-3-8-21/h1-5,7-10H,6,11-20H2,(H,26,30). The number of piperazine rings is 1. The highest BCUT2D eigenvalue weighted by molar-refractivity contribution is 7.99. The number of amides is 2. The van der Waals surface area contributed by atoms with Crippen LogP contribution in [0.2, 0.25) is 0 Å². The number of nitrogens with one attached hydrogen (secondary N) is 1. The Morgan fingerprint density at radius 1 is 0.938 bits per heavy atom. The van der Waals surface area contributed by atoms with E-state index in [0.717, 1.165) is 62.0 Å². The first kappa shape index (κ1) is 22.8. The van der Waals surface area contributed by atoms with E-state index in [1.54, 1.807) is 16.7 Å². The van der Waals surface area contributed by atoms with E-state index in [9.17, 15) is 9.59 Å². The first-order chi connectivity index (χ1) is 15.7. The summed E-state index contributed by atoms with van der Waals surface area (Å²) in [4.78, 5) is 32.7. The Kier molecular flexibility index (Phi) is 8.20. The van der Waals surface area contributed by atoms with Crippen LogP contribution in [0.5, 0.6) is 0 Å². The van der Waals surface area contributed by atoms with Crippen molar-refractivity contribution in [3.8, 4) is 0 Å². The second-order valence-electron chi connectivity index (χ2n) is 8.35. The Bertz CT molecular complexity index is 900. The highest BCUT2D eigenvalue weighted by atomic mass is 32.2. The van der Waals surface area contributed by atoms with E-state index >= 15 is 0 Å². The van der Waals surface area contributed by atoms with Crippen LogP contribution in [0.25, 0.3) is 0 Å². The zero-order chi connectivity index (χ0) is 22.2. The van der Waals surface area contributed by atoms with Crippen molar-refractivity contribution in [3.05, 3.63) is 60.2 Å². The zero-order valence-electron chi connectivity index (χ0n) is 18.5. The maximum Gasteiger partial charge on any atom is 0.240 e. The number of carbonyl (C=O) groups is 2. The van der Waals surface area contributed by atoms with Gasteiger partial charge in [-0.25, -0.2) is 0 Å². The second-order valence-corrected chi connectivity index (χ2v) is 9.49. The van der Waals surface area contributed by atoms with E-state index in [4.69, 9.17) is 0 Å². The van der Waals surface area contributed by atoms with Crippen LogP contribution in [0, 0.1) is 0 Å². The summed E-state index contributed by atoms with van der Waals surface area (Å²) >= 11 is 1.68. The molecule has 6 nitrogen and oxygen atoms in total. The van der Waals surface area contributed by atoms with Crippen molar-refractivity contribution in [2.45, 2.75) is 24.3 Å². The third kappa shape index (κ3) is 6.34. The molecule has 0 saturated carbocycles. The van der Waals surface area contributed by atoms with E-state index in [1.807, 2.05) is 24.3 Å². The van der Waals surface area contributed by atoms with Gasteiger partial charge in [-0.2, -0.15) is 0 Å². The van der Waals surface area contributed by atoms with E-state index in [1.165, 1.54) is 5.56 Å². The molecular formula is C25H32N4O2S. The lowest BCUT2D eigenvalue weighted by Gasteiger charge is -2.34. The van der Waals surface area contributed by atoms with Crippen LogP contribution in [-0.4, -0.2) is 73.2 Å². The normalized spacial score (nSPS) is 17.6. The number of rotatable bonds is 8. The fourth-order valence-electron chi connectivity index (χ4n) is 4.24. The van der Waals surface area contributed by atoms with Crippen LogP contribution < -0.4 is 10.2 Å². The molecule has 0 unspecified atom stereocenters. The molecule has 0 aliphatic carbocycles. The molecular weight excluding hydrogens is 420 g/mol. The van der Waals surface area contributed by atoms with Gasteiger partial charge in [-0.15, -0.1) is 11.8 Å². The smallest absolute Gasteiger partial charge is 0.240 e. The zero-order valence-corrected chi connectivity index (χ0v) is 19.4. The number of fused-ring (bicyclic) bond motifs is 1. The number of benzene rings is 2. The number of anilines is 1. The number of hydrogen-bond donors (Lipinski definition) is 1. The molecule has 0 atom stereocenters. The topological polar surface area (TPSA) is 55.9 Å². The van der Waals surface area contributed by atoms with Crippen molar-refractivity contribution in [1.29, 1.82) is 0 Å². The number of thioether (sulfide) groups is 1. The lowest BCUT2D eigenvalue weighted by molar-refractivity contribution is -0.123. The molecule has 32 heavy (non-hydrogen) atoms. The number of hydrogen-bond acceptors (Lipinski definition) is 5. The van der Waals surface area contributed by atoms with Gasteiger partial charge in [0.1, 0.15) is 6.54 Å². The summed E-state index contributed by atoms with van der Waals surface area (Å²) in [6.45, 7) is 7.03. The summed E-state index contributed by atoms with van der Waals surface area (Å²) in [7, 11) is 0. The number of para-hydroxylation sites is 1. The number of nitrogens with zero attached hydrogens (tertiary/aromatic N) is 3. The molecule has 1 N–H and O–H groups in total. The Morgan fingerprint density at radius 3 is 2.47 bits per heavy atom. The highest BCUT2D eigenvalue weighted by Crippen LogP contribution is 2.33. The molecule has 7 heteroatoms. The molecule has 4 rings (SSSR count). The van der Waals surface area contributed by atoms with Gasteiger partial charge in [0.15, 0.2) is 0 Å². The van der Waals surface area contributed by atoms with Crippen LogP contribution in [0.1, 0.15) is 18.4 Å². The highest BCUT2D eigenvalue weighted by Gasteiger charge is 2.24. The Hall–Kier alpha value is -2.35. The molecule has 170 valence electrons. The molecule has 2 aromatic rings.